The lowest BCUT2D eigenvalue weighted by atomic mass is 10.1. The third-order valence-corrected chi connectivity index (χ3v) is 3.90. The topological polar surface area (TPSA) is 63.5 Å². The summed E-state index contributed by atoms with van der Waals surface area (Å²) in [4.78, 5) is 4.62. The summed E-state index contributed by atoms with van der Waals surface area (Å²) in [6.45, 7) is 7.47. The minimum Gasteiger partial charge on any atom is -0.496 e. The molecule has 1 aromatic heterocycles. The predicted octanol–water partition coefficient (Wildman–Crippen LogP) is 2.39. The van der Waals surface area contributed by atoms with Gasteiger partial charge in [0.15, 0.2) is 5.96 Å². The van der Waals surface area contributed by atoms with Gasteiger partial charge in [-0.05, 0) is 49.9 Å². The normalized spacial score (nSPS) is 11.4. The van der Waals surface area contributed by atoms with Crippen LogP contribution in [0.2, 0.25) is 0 Å². The van der Waals surface area contributed by atoms with E-state index in [9.17, 15) is 0 Å². The van der Waals surface area contributed by atoms with Crippen LogP contribution in [0.4, 0.5) is 0 Å². The van der Waals surface area contributed by atoms with E-state index in [-0.39, 0.29) is 0 Å². The summed E-state index contributed by atoms with van der Waals surface area (Å²) in [5, 5.41) is 10.9. The van der Waals surface area contributed by atoms with Crippen LogP contribution >= 0.6 is 0 Å². The van der Waals surface area contributed by atoms with Gasteiger partial charge in [-0.2, -0.15) is 5.10 Å². The second kappa shape index (κ2) is 10.4. The van der Waals surface area contributed by atoms with Crippen LogP contribution < -0.4 is 15.4 Å². The monoisotopic (exact) mass is 343 g/mol. The number of guanidine groups is 1. The summed E-state index contributed by atoms with van der Waals surface area (Å²) in [6, 6.07) is 8.29. The molecule has 0 aliphatic rings. The summed E-state index contributed by atoms with van der Waals surface area (Å²) in [5.74, 6) is 1.80. The molecule has 0 bridgehead atoms. The highest BCUT2D eigenvalue weighted by Crippen LogP contribution is 2.18. The minimum absolute atomic E-state index is 0.771. The average Bonchev–Trinajstić information content (AvgIpc) is 3.13. The van der Waals surface area contributed by atoms with Crippen LogP contribution in [0.3, 0.4) is 0 Å². The number of methoxy groups -OCH3 is 1. The number of hydrogen-bond donors (Lipinski definition) is 2. The zero-order valence-corrected chi connectivity index (χ0v) is 15.5. The van der Waals surface area contributed by atoms with Gasteiger partial charge in [-0.1, -0.05) is 12.1 Å². The highest BCUT2D eigenvalue weighted by atomic mass is 16.5. The third-order valence-electron chi connectivity index (χ3n) is 3.90. The molecule has 0 fully saturated rings. The van der Waals surface area contributed by atoms with Crippen molar-refractivity contribution < 1.29 is 4.74 Å². The molecule has 0 spiro atoms. The zero-order valence-electron chi connectivity index (χ0n) is 15.5. The molecule has 2 N–H and O–H groups in total. The standard InChI is InChI=1S/C19H29N5O/c1-4-20-19(21-10-5-13-24-14-6-11-23-24)22-12-9-17-8-7-16(2)18(15-17)25-3/h6-8,11,14-15H,4-5,9-10,12-13H2,1-3H3,(H2,20,21,22). The van der Waals surface area contributed by atoms with Crippen molar-refractivity contribution >= 4 is 5.96 Å². The zero-order chi connectivity index (χ0) is 17.9. The molecule has 1 aromatic carbocycles. The van der Waals surface area contributed by atoms with Crippen molar-refractivity contribution in [3.05, 3.63) is 47.8 Å². The number of rotatable bonds is 9. The molecule has 136 valence electrons. The third kappa shape index (κ3) is 6.49. The molecule has 25 heavy (non-hydrogen) atoms. The lowest BCUT2D eigenvalue weighted by molar-refractivity contribution is 0.411. The van der Waals surface area contributed by atoms with Crippen molar-refractivity contribution in [2.24, 2.45) is 4.99 Å². The number of nitrogens with zero attached hydrogens (tertiary/aromatic N) is 3. The van der Waals surface area contributed by atoms with Gasteiger partial charge in [0.25, 0.3) is 0 Å². The van der Waals surface area contributed by atoms with Gasteiger partial charge in [0, 0.05) is 38.6 Å². The van der Waals surface area contributed by atoms with Gasteiger partial charge in [-0.3, -0.25) is 9.67 Å². The maximum absolute atomic E-state index is 5.38. The van der Waals surface area contributed by atoms with Gasteiger partial charge in [0.05, 0.1) is 7.11 Å². The van der Waals surface area contributed by atoms with Crippen molar-refractivity contribution in [3.63, 3.8) is 0 Å². The number of aliphatic imine (C=N–C) groups is 1. The van der Waals surface area contributed by atoms with Crippen LogP contribution in [-0.2, 0) is 13.0 Å². The van der Waals surface area contributed by atoms with E-state index >= 15 is 0 Å². The molecular weight excluding hydrogens is 314 g/mol. The molecule has 2 rings (SSSR count). The predicted molar refractivity (Wildman–Crippen MR) is 102 cm³/mol. The molecular formula is C19H29N5O. The van der Waals surface area contributed by atoms with Gasteiger partial charge in [0.2, 0.25) is 0 Å². The van der Waals surface area contributed by atoms with Gasteiger partial charge in [0.1, 0.15) is 5.75 Å². The Bertz CT molecular complexity index is 652. The first kappa shape index (κ1) is 18.8. The number of aryl methyl sites for hydroxylation is 2. The van der Waals surface area contributed by atoms with E-state index in [4.69, 9.17) is 4.74 Å². The van der Waals surface area contributed by atoms with Crippen LogP contribution in [0.15, 0.2) is 41.7 Å². The largest absolute Gasteiger partial charge is 0.496 e. The van der Waals surface area contributed by atoms with Crippen LogP contribution in [0, 0.1) is 6.92 Å². The van der Waals surface area contributed by atoms with E-state index in [2.05, 4.69) is 52.8 Å². The van der Waals surface area contributed by atoms with Crippen molar-refractivity contribution in [2.75, 3.05) is 26.7 Å². The average molecular weight is 343 g/mol. The minimum atomic E-state index is 0.771. The van der Waals surface area contributed by atoms with Gasteiger partial charge >= 0.3 is 0 Å². The molecule has 0 radical (unpaired) electrons. The van der Waals surface area contributed by atoms with Crippen LogP contribution in [0.5, 0.6) is 5.75 Å². The number of benzene rings is 1. The van der Waals surface area contributed by atoms with E-state index in [0.717, 1.165) is 56.3 Å². The smallest absolute Gasteiger partial charge is 0.191 e. The number of ether oxygens (including phenoxy) is 1. The molecule has 1 heterocycles. The Labute approximate surface area is 150 Å². The molecule has 0 saturated carbocycles. The quantitative estimate of drug-likeness (QED) is 0.417. The van der Waals surface area contributed by atoms with Crippen LogP contribution in [-0.4, -0.2) is 42.5 Å². The Kier molecular flexibility index (Phi) is 7.82. The fourth-order valence-electron chi connectivity index (χ4n) is 2.54. The van der Waals surface area contributed by atoms with Crippen molar-refractivity contribution in [1.29, 1.82) is 0 Å². The summed E-state index contributed by atoms with van der Waals surface area (Å²) in [5.41, 5.74) is 2.41. The second-order valence-corrected chi connectivity index (χ2v) is 5.86. The Morgan fingerprint density at radius 2 is 2.20 bits per heavy atom. The van der Waals surface area contributed by atoms with Gasteiger partial charge in [-0.15, -0.1) is 0 Å². The summed E-state index contributed by atoms with van der Waals surface area (Å²) in [7, 11) is 1.71. The van der Waals surface area contributed by atoms with Crippen LogP contribution in [0.25, 0.3) is 0 Å². The van der Waals surface area contributed by atoms with E-state index in [1.807, 2.05) is 16.9 Å². The van der Waals surface area contributed by atoms with E-state index in [1.54, 1.807) is 13.3 Å². The fraction of sp³-hybridized carbons (Fsp3) is 0.474. The summed E-state index contributed by atoms with van der Waals surface area (Å²) >= 11 is 0. The van der Waals surface area contributed by atoms with Crippen molar-refractivity contribution in [2.45, 2.75) is 33.2 Å². The van der Waals surface area contributed by atoms with Gasteiger partial charge < -0.3 is 15.4 Å². The molecule has 0 aliphatic heterocycles. The molecule has 0 amide bonds. The van der Waals surface area contributed by atoms with Crippen molar-refractivity contribution in [1.82, 2.24) is 20.4 Å². The van der Waals surface area contributed by atoms with Crippen LogP contribution in [0.1, 0.15) is 24.5 Å². The lowest BCUT2D eigenvalue weighted by Crippen LogP contribution is -2.38. The molecule has 2 aromatic rings. The number of nitrogens with one attached hydrogen (secondary N) is 2. The Hall–Kier alpha value is -2.50. The first-order chi connectivity index (χ1) is 12.2. The van der Waals surface area contributed by atoms with E-state index in [1.165, 1.54) is 5.56 Å². The molecule has 6 heteroatoms. The molecule has 0 saturated heterocycles. The summed E-state index contributed by atoms with van der Waals surface area (Å²) < 4.78 is 7.32. The van der Waals surface area contributed by atoms with E-state index in [0.29, 0.717) is 0 Å². The Balaban J connectivity index is 1.77. The second-order valence-electron chi connectivity index (χ2n) is 5.86. The lowest BCUT2D eigenvalue weighted by Gasteiger charge is -2.12. The van der Waals surface area contributed by atoms with Crippen molar-refractivity contribution in [3.8, 4) is 5.75 Å². The Morgan fingerprint density at radius 1 is 1.32 bits per heavy atom. The Morgan fingerprint density at radius 3 is 2.92 bits per heavy atom. The molecule has 6 nitrogen and oxygen atoms in total. The molecule has 0 unspecified atom stereocenters. The highest BCUT2D eigenvalue weighted by Gasteiger charge is 2.02. The molecule has 0 aliphatic carbocycles. The number of aromatic nitrogens is 2. The first-order valence-electron chi connectivity index (χ1n) is 8.86. The summed E-state index contributed by atoms with van der Waals surface area (Å²) in [6.07, 6.45) is 5.67. The fourth-order valence-corrected chi connectivity index (χ4v) is 2.54. The SMILES string of the molecule is CCNC(=NCCCn1cccn1)NCCc1ccc(C)c(OC)c1. The maximum Gasteiger partial charge on any atom is 0.191 e. The maximum atomic E-state index is 5.38. The molecule has 0 atom stereocenters. The first-order valence-corrected chi connectivity index (χ1v) is 8.86. The van der Waals surface area contributed by atoms with Gasteiger partial charge in [-0.25, -0.2) is 0 Å². The number of hydrogen-bond acceptors (Lipinski definition) is 3. The highest BCUT2D eigenvalue weighted by molar-refractivity contribution is 5.79. The van der Waals surface area contributed by atoms with E-state index < -0.39 is 0 Å².